The standard InChI is InChI=1S/C15H13F3N4/c1-22-9-11(7-10-5-3-2-4-6-10)19-14(22)12-8-13(21-20-12)15(16,17)18/h2-6,8-9H,7H2,1H3,(H,20,21). The highest BCUT2D eigenvalue weighted by molar-refractivity contribution is 5.51. The van der Waals surface area contributed by atoms with Crippen molar-refractivity contribution in [2.24, 2.45) is 7.05 Å². The highest BCUT2D eigenvalue weighted by Crippen LogP contribution is 2.30. The average molecular weight is 306 g/mol. The lowest BCUT2D eigenvalue weighted by Crippen LogP contribution is -2.04. The van der Waals surface area contributed by atoms with E-state index in [-0.39, 0.29) is 5.69 Å². The third-order valence-corrected chi connectivity index (χ3v) is 3.27. The lowest BCUT2D eigenvalue weighted by atomic mass is 10.1. The molecule has 0 aliphatic carbocycles. The van der Waals surface area contributed by atoms with Gasteiger partial charge in [0.15, 0.2) is 5.82 Å². The van der Waals surface area contributed by atoms with Gasteiger partial charge in [-0.1, -0.05) is 30.3 Å². The largest absolute Gasteiger partial charge is 0.432 e. The number of alkyl halides is 3. The van der Waals surface area contributed by atoms with Crippen molar-refractivity contribution in [2.45, 2.75) is 12.6 Å². The summed E-state index contributed by atoms with van der Waals surface area (Å²) in [6.07, 6.45) is -2.03. The molecule has 4 nitrogen and oxygen atoms in total. The molecule has 0 bridgehead atoms. The molecule has 0 aliphatic heterocycles. The molecule has 7 heteroatoms. The van der Waals surface area contributed by atoms with Gasteiger partial charge >= 0.3 is 6.18 Å². The molecule has 1 aromatic carbocycles. The van der Waals surface area contributed by atoms with Gasteiger partial charge in [0.05, 0.1) is 5.69 Å². The second kappa shape index (κ2) is 5.32. The summed E-state index contributed by atoms with van der Waals surface area (Å²) in [5, 5.41) is 5.71. The van der Waals surface area contributed by atoms with Gasteiger partial charge in [0.2, 0.25) is 0 Å². The van der Waals surface area contributed by atoms with Gasteiger partial charge in [0.1, 0.15) is 11.4 Å². The molecule has 0 fully saturated rings. The first-order valence-corrected chi connectivity index (χ1v) is 6.62. The minimum Gasteiger partial charge on any atom is -0.332 e. The lowest BCUT2D eigenvalue weighted by molar-refractivity contribution is -0.141. The van der Waals surface area contributed by atoms with Crippen LogP contribution in [0.3, 0.4) is 0 Å². The number of nitrogens with zero attached hydrogens (tertiary/aromatic N) is 3. The van der Waals surface area contributed by atoms with Gasteiger partial charge in [-0.3, -0.25) is 5.10 Å². The fraction of sp³-hybridized carbons (Fsp3) is 0.200. The number of nitrogens with one attached hydrogen (secondary N) is 1. The normalized spacial score (nSPS) is 11.8. The SMILES string of the molecule is Cn1cc(Cc2ccccc2)nc1-c1cc(C(F)(F)F)[nH]n1. The Labute approximate surface area is 124 Å². The van der Waals surface area contributed by atoms with Crippen LogP contribution in [0.4, 0.5) is 13.2 Å². The minimum absolute atomic E-state index is 0.175. The van der Waals surface area contributed by atoms with E-state index >= 15 is 0 Å². The van der Waals surface area contributed by atoms with Gasteiger partial charge in [-0.2, -0.15) is 18.3 Å². The Balaban J connectivity index is 1.88. The Morgan fingerprint density at radius 1 is 1.18 bits per heavy atom. The molecule has 0 atom stereocenters. The molecule has 114 valence electrons. The summed E-state index contributed by atoms with van der Waals surface area (Å²) in [6.45, 7) is 0. The highest BCUT2D eigenvalue weighted by Gasteiger charge is 2.33. The van der Waals surface area contributed by atoms with E-state index in [1.165, 1.54) is 0 Å². The maximum atomic E-state index is 12.6. The number of aromatic amines is 1. The maximum Gasteiger partial charge on any atom is 0.432 e. The Bertz CT molecular complexity index is 772. The van der Waals surface area contributed by atoms with Crippen LogP contribution in [-0.2, 0) is 19.6 Å². The summed E-state index contributed by atoms with van der Waals surface area (Å²) in [4.78, 5) is 4.38. The molecule has 0 saturated carbocycles. The summed E-state index contributed by atoms with van der Waals surface area (Å²) in [5.74, 6) is 0.401. The number of rotatable bonds is 3. The Morgan fingerprint density at radius 2 is 1.91 bits per heavy atom. The van der Waals surface area contributed by atoms with E-state index < -0.39 is 11.9 Å². The summed E-state index contributed by atoms with van der Waals surface area (Å²) < 4.78 is 39.5. The van der Waals surface area contributed by atoms with Crippen LogP contribution in [0.25, 0.3) is 11.5 Å². The van der Waals surface area contributed by atoms with E-state index in [0.29, 0.717) is 12.2 Å². The van der Waals surface area contributed by atoms with Crippen LogP contribution in [0.1, 0.15) is 17.0 Å². The highest BCUT2D eigenvalue weighted by atomic mass is 19.4. The fourth-order valence-corrected chi connectivity index (χ4v) is 2.24. The zero-order chi connectivity index (χ0) is 15.7. The second-order valence-electron chi connectivity index (χ2n) is 4.99. The van der Waals surface area contributed by atoms with E-state index in [1.807, 2.05) is 35.4 Å². The lowest BCUT2D eigenvalue weighted by Gasteiger charge is -1.99. The smallest absolute Gasteiger partial charge is 0.332 e. The molecular weight excluding hydrogens is 293 g/mol. The van der Waals surface area contributed by atoms with Crippen molar-refractivity contribution in [1.82, 2.24) is 19.7 Å². The summed E-state index contributed by atoms with van der Waals surface area (Å²) in [7, 11) is 1.73. The van der Waals surface area contributed by atoms with Crippen molar-refractivity contribution < 1.29 is 13.2 Å². The van der Waals surface area contributed by atoms with Crippen molar-refractivity contribution in [2.75, 3.05) is 0 Å². The van der Waals surface area contributed by atoms with Crippen LogP contribution in [0, 0.1) is 0 Å². The molecule has 0 radical (unpaired) electrons. The first-order valence-electron chi connectivity index (χ1n) is 6.62. The molecule has 3 rings (SSSR count). The first kappa shape index (κ1) is 14.4. The zero-order valence-electron chi connectivity index (χ0n) is 11.7. The number of aromatic nitrogens is 4. The van der Waals surface area contributed by atoms with Crippen LogP contribution in [0.5, 0.6) is 0 Å². The van der Waals surface area contributed by atoms with Crippen molar-refractivity contribution >= 4 is 0 Å². The van der Waals surface area contributed by atoms with Crippen molar-refractivity contribution in [1.29, 1.82) is 0 Å². The predicted octanol–water partition coefficient (Wildman–Crippen LogP) is 3.42. The van der Waals surface area contributed by atoms with Crippen LogP contribution in [-0.4, -0.2) is 19.7 Å². The monoisotopic (exact) mass is 306 g/mol. The number of aryl methyl sites for hydroxylation is 1. The first-order chi connectivity index (χ1) is 10.4. The van der Waals surface area contributed by atoms with Gasteiger partial charge in [-0.05, 0) is 11.6 Å². The summed E-state index contributed by atoms with van der Waals surface area (Å²) in [5.41, 5.74) is 1.16. The molecule has 3 aromatic rings. The molecule has 0 unspecified atom stereocenters. The van der Waals surface area contributed by atoms with E-state index in [0.717, 1.165) is 17.3 Å². The third kappa shape index (κ3) is 2.88. The van der Waals surface area contributed by atoms with Gasteiger partial charge in [-0.15, -0.1) is 0 Å². The number of hydrogen-bond acceptors (Lipinski definition) is 2. The molecule has 2 aromatic heterocycles. The second-order valence-corrected chi connectivity index (χ2v) is 4.99. The third-order valence-electron chi connectivity index (χ3n) is 3.27. The summed E-state index contributed by atoms with van der Waals surface area (Å²) >= 11 is 0. The molecule has 0 aliphatic rings. The molecule has 0 amide bonds. The topological polar surface area (TPSA) is 46.5 Å². The number of H-pyrrole nitrogens is 1. The van der Waals surface area contributed by atoms with Gasteiger partial charge < -0.3 is 4.57 Å². The predicted molar refractivity (Wildman–Crippen MR) is 75.0 cm³/mol. The zero-order valence-corrected chi connectivity index (χ0v) is 11.7. The Hall–Kier alpha value is -2.57. The number of imidazole rings is 1. The molecule has 0 saturated heterocycles. The molecule has 0 spiro atoms. The number of halogens is 3. The van der Waals surface area contributed by atoms with Crippen LogP contribution >= 0.6 is 0 Å². The quantitative estimate of drug-likeness (QED) is 0.806. The van der Waals surface area contributed by atoms with Crippen LogP contribution in [0.15, 0.2) is 42.6 Å². The van der Waals surface area contributed by atoms with Crippen molar-refractivity contribution in [3.05, 3.63) is 59.5 Å². The minimum atomic E-state index is -4.44. The van der Waals surface area contributed by atoms with Crippen LogP contribution in [0.2, 0.25) is 0 Å². The fourth-order valence-electron chi connectivity index (χ4n) is 2.24. The summed E-state index contributed by atoms with van der Waals surface area (Å²) in [6, 6.07) is 10.7. The molecular formula is C15H13F3N4. The molecule has 2 heterocycles. The molecule has 22 heavy (non-hydrogen) atoms. The van der Waals surface area contributed by atoms with Crippen molar-refractivity contribution in [3.63, 3.8) is 0 Å². The molecule has 1 N–H and O–H groups in total. The number of benzene rings is 1. The Kier molecular flexibility index (Phi) is 3.48. The maximum absolute atomic E-state index is 12.6. The van der Waals surface area contributed by atoms with E-state index in [1.54, 1.807) is 17.8 Å². The van der Waals surface area contributed by atoms with Crippen molar-refractivity contribution in [3.8, 4) is 11.5 Å². The average Bonchev–Trinajstić information content (AvgIpc) is 3.06. The van der Waals surface area contributed by atoms with Gasteiger partial charge in [0, 0.05) is 19.7 Å². The van der Waals surface area contributed by atoms with Crippen LogP contribution < -0.4 is 0 Å². The van der Waals surface area contributed by atoms with E-state index in [4.69, 9.17) is 0 Å². The Morgan fingerprint density at radius 3 is 2.55 bits per heavy atom. The van der Waals surface area contributed by atoms with E-state index in [9.17, 15) is 13.2 Å². The number of hydrogen-bond donors (Lipinski definition) is 1. The van der Waals surface area contributed by atoms with Gasteiger partial charge in [-0.25, -0.2) is 4.98 Å². The van der Waals surface area contributed by atoms with E-state index in [2.05, 4.69) is 10.1 Å². The van der Waals surface area contributed by atoms with Gasteiger partial charge in [0.25, 0.3) is 0 Å².